The van der Waals surface area contributed by atoms with Gasteiger partial charge in [0.2, 0.25) is 0 Å². The number of hydrogen-bond donors (Lipinski definition) is 2. The van der Waals surface area contributed by atoms with Crippen molar-refractivity contribution in [1.29, 1.82) is 0 Å². The molecule has 0 amide bonds. The summed E-state index contributed by atoms with van der Waals surface area (Å²) in [6.45, 7) is 8.06. The molecule has 0 aliphatic rings. The number of methoxy groups -OCH3 is 1. The number of aliphatic hydroxyl groups is 1. The topological polar surface area (TPSA) is 41.5 Å². The van der Waals surface area contributed by atoms with Gasteiger partial charge in [-0.15, -0.1) is 0 Å². The summed E-state index contributed by atoms with van der Waals surface area (Å²) in [4.78, 5) is 0. The summed E-state index contributed by atoms with van der Waals surface area (Å²) >= 11 is 3.64. The second-order valence-corrected chi connectivity index (χ2v) is 5.25. The Balaban J connectivity index is 3.01. The van der Waals surface area contributed by atoms with Crippen molar-refractivity contribution in [2.24, 2.45) is 0 Å². The van der Waals surface area contributed by atoms with E-state index in [-0.39, 0.29) is 6.61 Å². The number of benzene rings is 1. The van der Waals surface area contributed by atoms with Gasteiger partial charge in [0.25, 0.3) is 0 Å². The minimum atomic E-state index is 0.222. The summed E-state index contributed by atoms with van der Waals surface area (Å²) in [5.74, 6) is 0.963. The molecule has 18 heavy (non-hydrogen) atoms. The largest absolute Gasteiger partial charge is 0.496 e. The predicted molar refractivity (Wildman–Crippen MR) is 78.3 cm³/mol. The van der Waals surface area contributed by atoms with Crippen LogP contribution in [0, 0.1) is 20.8 Å². The van der Waals surface area contributed by atoms with Crippen molar-refractivity contribution in [2.75, 3.05) is 20.3 Å². The van der Waals surface area contributed by atoms with Crippen molar-refractivity contribution in [3.8, 4) is 5.75 Å². The van der Waals surface area contributed by atoms with Gasteiger partial charge in [-0.25, -0.2) is 0 Å². The lowest BCUT2D eigenvalue weighted by Crippen LogP contribution is -2.17. The van der Waals surface area contributed by atoms with E-state index in [9.17, 15) is 0 Å². The van der Waals surface area contributed by atoms with E-state index in [4.69, 9.17) is 9.84 Å². The smallest absolute Gasteiger partial charge is 0.126 e. The fourth-order valence-electron chi connectivity index (χ4n) is 2.05. The molecule has 0 aliphatic carbocycles. The van der Waals surface area contributed by atoms with Crippen LogP contribution >= 0.6 is 15.9 Å². The lowest BCUT2D eigenvalue weighted by atomic mass is 9.99. The van der Waals surface area contributed by atoms with E-state index in [1.54, 1.807) is 7.11 Å². The molecule has 102 valence electrons. The van der Waals surface area contributed by atoms with E-state index in [1.807, 2.05) is 0 Å². The summed E-state index contributed by atoms with van der Waals surface area (Å²) in [5.41, 5.74) is 4.80. The molecule has 0 aliphatic heterocycles. The van der Waals surface area contributed by atoms with Crippen LogP contribution in [0.4, 0.5) is 0 Å². The highest BCUT2D eigenvalue weighted by atomic mass is 79.9. The molecule has 0 saturated heterocycles. The molecule has 0 aromatic heterocycles. The summed E-state index contributed by atoms with van der Waals surface area (Å²) in [5, 5.41) is 12.1. The second-order valence-electron chi connectivity index (χ2n) is 4.45. The summed E-state index contributed by atoms with van der Waals surface area (Å²) in [6, 6.07) is 0. The van der Waals surface area contributed by atoms with Gasteiger partial charge >= 0.3 is 0 Å². The zero-order valence-corrected chi connectivity index (χ0v) is 13.1. The highest BCUT2D eigenvalue weighted by Crippen LogP contribution is 2.35. The van der Waals surface area contributed by atoms with Crippen LogP contribution in [-0.2, 0) is 6.54 Å². The SMILES string of the molecule is COc1c(C)c(C)c(Br)c(C)c1CNCCCO. The van der Waals surface area contributed by atoms with Crippen LogP contribution in [0.3, 0.4) is 0 Å². The molecule has 1 rings (SSSR count). The number of aliphatic hydroxyl groups excluding tert-OH is 1. The highest BCUT2D eigenvalue weighted by molar-refractivity contribution is 9.10. The van der Waals surface area contributed by atoms with E-state index in [1.165, 1.54) is 22.3 Å². The fourth-order valence-corrected chi connectivity index (χ4v) is 2.59. The molecule has 0 saturated carbocycles. The predicted octanol–water partition coefficient (Wildman–Crippen LogP) is 2.85. The minimum absolute atomic E-state index is 0.222. The van der Waals surface area contributed by atoms with Gasteiger partial charge in [-0.2, -0.15) is 0 Å². The monoisotopic (exact) mass is 315 g/mol. The maximum Gasteiger partial charge on any atom is 0.126 e. The van der Waals surface area contributed by atoms with Crippen LogP contribution in [0.25, 0.3) is 0 Å². The quantitative estimate of drug-likeness (QED) is 0.793. The number of rotatable bonds is 6. The fraction of sp³-hybridized carbons (Fsp3) is 0.571. The summed E-state index contributed by atoms with van der Waals surface area (Å²) < 4.78 is 6.69. The minimum Gasteiger partial charge on any atom is -0.496 e. The third-order valence-electron chi connectivity index (χ3n) is 3.31. The van der Waals surface area contributed by atoms with E-state index in [0.29, 0.717) is 0 Å². The number of ether oxygens (including phenoxy) is 1. The molecule has 0 fully saturated rings. The van der Waals surface area contributed by atoms with E-state index in [2.05, 4.69) is 42.0 Å². The Kier molecular flexibility index (Phi) is 6.12. The lowest BCUT2D eigenvalue weighted by Gasteiger charge is -2.19. The Morgan fingerprint density at radius 3 is 2.39 bits per heavy atom. The molecule has 0 spiro atoms. The normalized spacial score (nSPS) is 10.8. The van der Waals surface area contributed by atoms with Gasteiger partial charge in [0.1, 0.15) is 5.75 Å². The summed E-state index contributed by atoms with van der Waals surface area (Å²) in [6.07, 6.45) is 0.771. The van der Waals surface area contributed by atoms with Crippen LogP contribution in [-0.4, -0.2) is 25.4 Å². The first-order chi connectivity index (χ1) is 8.54. The standard InChI is InChI=1S/C14H22BrNO2/c1-9-10(2)14(18-4)12(11(3)13(9)15)8-16-6-5-7-17/h16-17H,5-8H2,1-4H3. The number of halogens is 1. The first-order valence-corrected chi connectivity index (χ1v) is 6.97. The van der Waals surface area contributed by atoms with E-state index >= 15 is 0 Å². The molecular formula is C14H22BrNO2. The van der Waals surface area contributed by atoms with Crippen LogP contribution in [0.15, 0.2) is 4.47 Å². The van der Waals surface area contributed by atoms with E-state index in [0.717, 1.165) is 29.7 Å². The molecule has 4 heteroatoms. The van der Waals surface area contributed by atoms with Gasteiger partial charge in [0.15, 0.2) is 0 Å². The molecule has 0 bridgehead atoms. The second kappa shape index (κ2) is 7.12. The van der Waals surface area contributed by atoms with Gasteiger partial charge in [0, 0.05) is 23.2 Å². The van der Waals surface area contributed by atoms with Gasteiger partial charge in [-0.05, 0) is 50.4 Å². The van der Waals surface area contributed by atoms with Crippen molar-refractivity contribution in [1.82, 2.24) is 5.32 Å². The van der Waals surface area contributed by atoms with Gasteiger partial charge < -0.3 is 15.2 Å². The molecule has 0 heterocycles. The van der Waals surface area contributed by atoms with Crippen molar-refractivity contribution >= 4 is 15.9 Å². The van der Waals surface area contributed by atoms with E-state index < -0.39 is 0 Å². The number of hydrogen-bond acceptors (Lipinski definition) is 3. The third-order valence-corrected chi connectivity index (χ3v) is 4.50. The van der Waals surface area contributed by atoms with Crippen LogP contribution in [0.2, 0.25) is 0 Å². The van der Waals surface area contributed by atoms with Crippen molar-refractivity contribution in [2.45, 2.75) is 33.7 Å². The Labute approximate surface area is 118 Å². The average molecular weight is 316 g/mol. The molecule has 0 unspecified atom stereocenters. The molecule has 0 atom stereocenters. The van der Waals surface area contributed by atoms with Crippen LogP contribution in [0.5, 0.6) is 5.75 Å². The summed E-state index contributed by atoms with van der Waals surface area (Å²) in [7, 11) is 1.71. The maximum atomic E-state index is 8.77. The van der Waals surface area contributed by atoms with Crippen molar-refractivity contribution in [3.63, 3.8) is 0 Å². The van der Waals surface area contributed by atoms with Crippen LogP contribution < -0.4 is 10.1 Å². The average Bonchev–Trinajstić information content (AvgIpc) is 2.38. The number of nitrogens with one attached hydrogen (secondary N) is 1. The Morgan fingerprint density at radius 2 is 1.83 bits per heavy atom. The molecular weight excluding hydrogens is 294 g/mol. The van der Waals surface area contributed by atoms with Gasteiger partial charge in [0.05, 0.1) is 7.11 Å². The first kappa shape index (κ1) is 15.5. The molecule has 1 aromatic rings. The van der Waals surface area contributed by atoms with Gasteiger partial charge in [-0.3, -0.25) is 0 Å². The molecule has 0 radical (unpaired) electrons. The van der Waals surface area contributed by atoms with Crippen molar-refractivity contribution < 1.29 is 9.84 Å². The zero-order chi connectivity index (χ0) is 13.7. The first-order valence-electron chi connectivity index (χ1n) is 6.18. The molecule has 2 N–H and O–H groups in total. The third kappa shape index (κ3) is 3.25. The van der Waals surface area contributed by atoms with Gasteiger partial charge in [-0.1, -0.05) is 15.9 Å². The van der Waals surface area contributed by atoms with Crippen LogP contribution in [0.1, 0.15) is 28.7 Å². The molecule has 1 aromatic carbocycles. The maximum absolute atomic E-state index is 8.77. The molecule has 3 nitrogen and oxygen atoms in total. The highest BCUT2D eigenvalue weighted by Gasteiger charge is 2.16. The van der Waals surface area contributed by atoms with Crippen molar-refractivity contribution in [3.05, 3.63) is 26.7 Å². The Bertz CT molecular complexity index is 419. The Hall–Kier alpha value is -0.580. The lowest BCUT2D eigenvalue weighted by molar-refractivity contribution is 0.286. The zero-order valence-electron chi connectivity index (χ0n) is 11.6. The Morgan fingerprint density at radius 1 is 1.17 bits per heavy atom.